The molecule has 10 heteroatoms. The van der Waals surface area contributed by atoms with Crippen LogP contribution >= 0.6 is 0 Å². The number of sulfone groups is 1. The number of piperazine rings is 1. The highest BCUT2D eigenvalue weighted by Crippen LogP contribution is 2.22. The molecule has 28 heavy (non-hydrogen) atoms. The number of carbonyl (C=O) groups excluding carboxylic acids is 1. The molecule has 0 unspecified atom stereocenters. The van der Waals surface area contributed by atoms with Crippen LogP contribution in [-0.4, -0.2) is 94.7 Å². The van der Waals surface area contributed by atoms with Crippen LogP contribution in [0.15, 0.2) is 29.2 Å². The van der Waals surface area contributed by atoms with E-state index in [-0.39, 0.29) is 16.6 Å². The Labute approximate surface area is 167 Å². The fourth-order valence-corrected chi connectivity index (χ4v) is 5.67. The molecular weight excluding hydrogens is 402 g/mol. The van der Waals surface area contributed by atoms with Crippen molar-refractivity contribution >= 4 is 25.8 Å². The number of carbonyl (C=O) groups is 1. The first-order valence-corrected chi connectivity index (χ1v) is 13.0. The number of hydrogen-bond acceptors (Lipinski definition) is 6. The summed E-state index contributed by atoms with van der Waals surface area (Å²) in [6.07, 6.45) is 2.94. The zero-order valence-corrected chi connectivity index (χ0v) is 17.7. The molecule has 0 spiro atoms. The second kappa shape index (κ2) is 8.48. The largest absolute Gasteiger partial charge is 0.336 e. The first-order chi connectivity index (χ1) is 13.2. The summed E-state index contributed by atoms with van der Waals surface area (Å²) in [5.74, 6) is -0.0848. The molecule has 2 saturated heterocycles. The SMILES string of the molecule is CS(=O)(=O)CCN1CCN(C(=O)c2cccc(S(=O)(=O)N3CCCC3)c2)CC1. The molecule has 0 aliphatic carbocycles. The summed E-state index contributed by atoms with van der Waals surface area (Å²) < 4.78 is 49.5. The predicted molar refractivity (Wildman–Crippen MR) is 106 cm³/mol. The third kappa shape index (κ3) is 5.11. The molecule has 1 amide bonds. The third-order valence-corrected chi connectivity index (χ3v) is 8.04. The zero-order chi connectivity index (χ0) is 20.4. The molecule has 2 aliphatic heterocycles. The van der Waals surface area contributed by atoms with E-state index in [1.807, 2.05) is 4.90 Å². The van der Waals surface area contributed by atoms with E-state index < -0.39 is 19.9 Å². The quantitative estimate of drug-likeness (QED) is 0.644. The van der Waals surface area contributed by atoms with Gasteiger partial charge in [-0.15, -0.1) is 0 Å². The van der Waals surface area contributed by atoms with Crippen LogP contribution in [0.4, 0.5) is 0 Å². The Morgan fingerprint density at radius 1 is 0.964 bits per heavy atom. The van der Waals surface area contributed by atoms with Gasteiger partial charge in [-0.2, -0.15) is 4.31 Å². The Morgan fingerprint density at radius 3 is 2.21 bits per heavy atom. The van der Waals surface area contributed by atoms with Gasteiger partial charge in [-0.25, -0.2) is 16.8 Å². The van der Waals surface area contributed by atoms with Crippen LogP contribution in [0, 0.1) is 0 Å². The lowest BCUT2D eigenvalue weighted by atomic mass is 10.2. The van der Waals surface area contributed by atoms with E-state index in [9.17, 15) is 21.6 Å². The molecule has 0 radical (unpaired) electrons. The first-order valence-electron chi connectivity index (χ1n) is 9.46. The van der Waals surface area contributed by atoms with Gasteiger partial charge in [0.2, 0.25) is 10.0 Å². The van der Waals surface area contributed by atoms with Crippen molar-refractivity contribution in [3.63, 3.8) is 0 Å². The van der Waals surface area contributed by atoms with E-state index in [0.29, 0.717) is 51.4 Å². The summed E-state index contributed by atoms with van der Waals surface area (Å²) in [6, 6.07) is 6.25. The molecule has 0 atom stereocenters. The van der Waals surface area contributed by atoms with Crippen LogP contribution in [0.25, 0.3) is 0 Å². The van der Waals surface area contributed by atoms with Crippen molar-refractivity contribution in [2.24, 2.45) is 0 Å². The van der Waals surface area contributed by atoms with Crippen LogP contribution < -0.4 is 0 Å². The van der Waals surface area contributed by atoms with Crippen LogP contribution in [0.5, 0.6) is 0 Å². The Morgan fingerprint density at radius 2 is 1.61 bits per heavy atom. The molecule has 0 aromatic heterocycles. The van der Waals surface area contributed by atoms with Gasteiger partial charge >= 0.3 is 0 Å². The second-order valence-electron chi connectivity index (χ2n) is 7.40. The molecule has 2 heterocycles. The van der Waals surface area contributed by atoms with Crippen molar-refractivity contribution in [3.8, 4) is 0 Å². The molecule has 2 aliphatic rings. The molecule has 1 aromatic carbocycles. The number of amides is 1. The van der Waals surface area contributed by atoms with Gasteiger partial charge in [0.05, 0.1) is 10.6 Å². The van der Waals surface area contributed by atoms with Crippen molar-refractivity contribution in [2.45, 2.75) is 17.7 Å². The van der Waals surface area contributed by atoms with Gasteiger partial charge in [0.25, 0.3) is 5.91 Å². The molecule has 2 fully saturated rings. The number of hydrogen-bond donors (Lipinski definition) is 0. The fourth-order valence-electron chi connectivity index (χ4n) is 3.52. The van der Waals surface area contributed by atoms with E-state index in [0.717, 1.165) is 12.8 Å². The highest BCUT2D eigenvalue weighted by Gasteiger charge is 2.28. The number of benzene rings is 1. The highest BCUT2D eigenvalue weighted by atomic mass is 32.2. The van der Waals surface area contributed by atoms with Gasteiger partial charge in [0.15, 0.2) is 0 Å². The standard InChI is InChI=1S/C18H27N3O5S2/c1-27(23,24)14-13-19-9-11-20(12-10-19)18(22)16-5-4-6-17(15-16)28(25,26)21-7-2-3-8-21/h4-6,15H,2-3,7-14H2,1H3. The van der Waals surface area contributed by atoms with E-state index in [1.54, 1.807) is 17.0 Å². The number of rotatable bonds is 6. The van der Waals surface area contributed by atoms with Gasteiger partial charge in [-0.1, -0.05) is 6.07 Å². The number of nitrogens with zero attached hydrogens (tertiary/aromatic N) is 3. The molecule has 0 N–H and O–H groups in total. The summed E-state index contributed by atoms with van der Waals surface area (Å²) >= 11 is 0. The second-order valence-corrected chi connectivity index (χ2v) is 11.6. The van der Waals surface area contributed by atoms with Crippen LogP contribution in [0.3, 0.4) is 0 Å². The average molecular weight is 430 g/mol. The lowest BCUT2D eigenvalue weighted by Gasteiger charge is -2.34. The van der Waals surface area contributed by atoms with E-state index in [1.165, 1.54) is 22.7 Å². The molecular formula is C18H27N3O5S2. The summed E-state index contributed by atoms with van der Waals surface area (Å²) in [4.78, 5) is 16.7. The monoisotopic (exact) mass is 429 g/mol. The Hall–Kier alpha value is -1.49. The molecule has 3 rings (SSSR count). The number of sulfonamides is 1. The fraction of sp³-hybridized carbons (Fsp3) is 0.611. The Kier molecular flexibility index (Phi) is 6.43. The van der Waals surface area contributed by atoms with Crippen molar-refractivity contribution in [2.75, 3.05) is 57.8 Å². The van der Waals surface area contributed by atoms with Crippen LogP contribution in [-0.2, 0) is 19.9 Å². The van der Waals surface area contributed by atoms with E-state index in [2.05, 4.69) is 0 Å². The third-order valence-electron chi connectivity index (χ3n) is 5.22. The summed E-state index contributed by atoms with van der Waals surface area (Å²) in [6.45, 7) is 3.70. The van der Waals surface area contributed by atoms with Crippen LogP contribution in [0.2, 0.25) is 0 Å². The summed E-state index contributed by atoms with van der Waals surface area (Å²) in [5, 5.41) is 0. The van der Waals surface area contributed by atoms with Crippen molar-refractivity contribution in [1.82, 2.24) is 14.1 Å². The lowest BCUT2D eigenvalue weighted by Crippen LogP contribution is -2.49. The minimum Gasteiger partial charge on any atom is -0.336 e. The lowest BCUT2D eigenvalue weighted by molar-refractivity contribution is 0.0644. The molecule has 8 nitrogen and oxygen atoms in total. The minimum atomic E-state index is -3.56. The Bertz CT molecular complexity index is 916. The minimum absolute atomic E-state index is 0.108. The van der Waals surface area contributed by atoms with Gasteiger partial charge < -0.3 is 4.90 Å². The van der Waals surface area contributed by atoms with Crippen LogP contribution in [0.1, 0.15) is 23.2 Å². The maximum atomic E-state index is 12.8. The predicted octanol–water partition coefficient (Wildman–Crippen LogP) is 0.274. The topological polar surface area (TPSA) is 95.1 Å². The molecule has 156 valence electrons. The Balaban J connectivity index is 1.64. The molecule has 0 saturated carbocycles. The van der Waals surface area contributed by atoms with Gasteiger partial charge in [0.1, 0.15) is 9.84 Å². The normalized spacial score (nSPS) is 19.8. The van der Waals surface area contributed by atoms with Gasteiger partial charge in [-0.3, -0.25) is 9.69 Å². The first kappa shape index (κ1) is 21.2. The highest BCUT2D eigenvalue weighted by molar-refractivity contribution is 7.90. The smallest absolute Gasteiger partial charge is 0.253 e. The van der Waals surface area contributed by atoms with Crippen molar-refractivity contribution in [1.29, 1.82) is 0 Å². The maximum absolute atomic E-state index is 12.8. The van der Waals surface area contributed by atoms with Crippen molar-refractivity contribution in [3.05, 3.63) is 29.8 Å². The summed E-state index contributed by atoms with van der Waals surface area (Å²) in [5.41, 5.74) is 0.366. The van der Waals surface area contributed by atoms with Gasteiger partial charge in [0, 0.05) is 57.6 Å². The van der Waals surface area contributed by atoms with Crippen molar-refractivity contribution < 1.29 is 21.6 Å². The van der Waals surface area contributed by atoms with E-state index in [4.69, 9.17) is 0 Å². The zero-order valence-electron chi connectivity index (χ0n) is 16.1. The molecule has 0 bridgehead atoms. The maximum Gasteiger partial charge on any atom is 0.253 e. The average Bonchev–Trinajstić information content (AvgIpc) is 3.21. The molecule has 1 aromatic rings. The van der Waals surface area contributed by atoms with E-state index >= 15 is 0 Å². The van der Waals surface area contributed by atoms with Gasteiger partial charge in [-0.05, 0) is 31.0 Å². The summed E-state index contributed by atoms with van der Waals surface area (Å²) in [7, 11) is -6.56.